The molecule has 0 bridgehead atoms. The van der Waals surface area contributed by atoms with Gasteiger partial charge in [0.05, 0.1) is 0 Å². The SMILES string of the molecule is CC(C)=CCCC(C)CCNCCC(C)CCC=C(C)C. The fourth-order valence-electron chi connectivity index (χ4n) is 2.42. The predicted octanol–water partition coefficient (Wildman–Crippen LogP) is 6.12. The highest BCUT2D eigenvalue weighted by molar-refractivity contribution is 4.93. The zero-order valence-corrected chi connectivity index (χ0v) is 15.5. The van der Waals surface area contributed by atoms with Gasteiger partial charge in [-0.2, -0.15) is 0 Å². The molecule has 1 N–H and O–H groups in total. The molecule has 0 radical (unpaired) electrons. The van der Waals surface area contributed by atoms with Gasteiger partial charge in [-0.1, -0.05) is 37.1 Å². The summed E-state index contributed by atoms with van der Waals surface area (Å²) in [5.74, 6) is 1.67. The number of hydrogen-bond donors (Lipinski definition) is 1. The highest BCUT2D eigenvalue weighted by atomic mass is 14.8. The lowest BCUT2D eigenvalue weighted by Crippen LogP contribution is -2.20. The fraction of sp³-hybridized carbons (Fsp3) is 0.800. The van der Waals surface area contributed by atoms with Crippen LogP contribution in [0.3, 0.4) is 0 Å². The van der Waals surface area contributed by atoms with Gasteiger partial charge in [0.15, 0.2) is 0 Å². The summed E-state index contributed by atoms with van der Waals surface area (Å²) < 4.78 is 0. The minimum absolute atomic E-state index is 0.836. The van der Waals surface area contributed by atoms with Crippen LogP contribution < -0.4 is 5.32 Å². The van der Waals surface area contributed by atoms with E-state index in [0.29, 0.717) is 0 Å². The Morgan fingerprint density at radius 2 is 1.10 bits per heavy atom. The van der Waals surface area contributed by atoms with Gasteiger partial charge in [0, 0.05) is 0 Å². The Morgan fingerprint density at radius 1 is 0.714 bits per heavy atom. The number of hydrogen-bond acceptors (Lipinski definition) is 1. The zero-order valence-electron chi connectivity index (χ0n) is 15.5. The molecule has 1 heteroatoms. The van der Waals surface area contributed by atoms with E-state index < -0.39 is 0 Å². The van der Waals surface area contributed by atoms with E-state index in [2.05, 4.69) is 59.0 Å². The quantitative estimate of drug-likeness (QED) is 0.337. The van der Waals surface area contributed by atoms with Gasteiger partial charge in [-0.15, -0.1) is 0 Å². The van der Waals surface area contributed by atoms with Crippen molar-refractivity contribution in [2.24, 2.45) is 11.8 Å². The Morgan fingerprint density at radius 3 is 1.43 bits per heavy atom. The van der Waals surface area contributed by atoms with Gasteiger partial charge in [0.25, 0.3) is 0 Å². The standard InChI is InChI=1S/C20H39N/c1-17(2)9-7-11-19(5)13-15-21-16-14-20(6)12-8-10-18(3)4/h9-10,19-21H,7-8,11-16H2,1-6H3. The topological polar surface area (TPSA) is 12.0 Å². The molecule has 0 saturated heterocycles. The van der Waals surface area contributed by atoms with E-state index in [-0.39, 0.29) is 0 Å². The molecule has 0 aromatic rings. The number of rotatable bonds is 12. The molecule has 0 aromatic heterocycles. The Balaban J connectivity index is 3.46. The van der Waals surface area contributed by atoms with Crippen LogP contribution in [0.5, 0.6) is 0 Å². The second-order valence-electron chi connectivity index (χ2n) is 7.26. The highest BCUT2D eigenvalue weighted by Gasteiger charge is 2.03. The average Bonchev–Trinajstić information content (AvgIpc) is 2.37. The van der Waals surface area contributed by atoms with Gasteiger partial charge in [0.2, 0.25) is 0 Å². The molecule has 0 aromatic carbocycles. The summed E-state index contributed by atoms with van der Waals surface area (Å²) in [5, 5.41) is 3.61. The first-order valence-electron chi connectivity index (χ1n) is 8.89. The largest absolute Gasteiger partial charge is 0.317 e. The van der Waals surface area contributed by atoms with Crippen molar-refractivity contribution >= 4 is 0 Å². The van der Waals surface area contributed by atoms with Crippen molar-refractivity contribution in [1.82, 2.24) is 5.32 Å². The van der Waals surface area contributed by atoms with Crippen LogP contribution in [0.4, 0.5) is 0 Å². The molecule has 0 rings (SSSR count). The van der Waals surface area contributed by atoms with Crippen LogP contribution in [-0.4, -0.2) is 13.1 Å². The van der Waals surface area contributed by atoms with Crippen molar-refractivity contribution in [3.05, 3.63) is 23.3 Å². The number of nitrogens with one attached hydrogen (secondary N) is 1. The van der Waals surface area contributed by atoms with Crippen LogP contribution in [0.2, 0.25) is 0 Å². The maximum absolute atomic E-state index is 3.61. The van der Waals surface area contributed by atoms with Crippen LogP contribution in [0, 0.1) is 11.8 Å². The van der Waals surface area contributed by atoms with Crippen molar-refractivity contribution in [2.75, 3.05) is 13.1 Å². The zero-order chi connectivity index (χ0) is 16.1. The van der Waals surface area contributed by atoms with Crippen molar-refractivity contribution in [1.29, 1.82) is 0 Å². The van der Waals surface area contributed by atoms with Crippen molar-refractivity contribution < 1.29 is 0 Å². The van der Waals surface area contributed by atoms with Crippen LogP contribution in [0.15, 0.2) is 23.3 Å². The van der Waals surface area contributed by atoms with Gasteiger partial charge < -0.3 is 5.32 Å². The molecule has 124 valence electrons. The minimum atomic E-state index is 0.836. The second kappa shape index (κ2) is 13.1. The summed E-state index contributed by atoms with van der Waals surface area (Å²) in [6.07, 6.45) is 12.5. The molecular formula is C20H39N. The molecule has 0 spiro atoms. The third kappa shape index (κ3) is 15.6. The summed E-state index contributed by atoms with van der Waals surface area (Å²) in [6.45, 7) is 15.9. The molecule has 0 fully saturated rings. The normalized spacial score (nSPS) is 13.6. The van der Waals surface area contributed by atoms with E-state index in [1.54, 1.807) is 0 Å². The monoisotopic (exact) mass is 293 g/mol. The Hall–Kier alpha value is -0.560. The van der Waals surface area contributed by atoms with Gasteiger partial charge in [-0.3, -0.25) is 0 Å². The first-order chi connectivity index (χ1) is 9.91. The summed E-state index contributed by atoms with van der Waals surface area (Å²) in [7, 11) is 0. The van der Waals surface area contributed by atoms with E-state index in [4.69, 9.17) is 0 Å². The third-order valence-corrected chi connectivity index (χ3v) is 4.05. The third-order valence-electron chi connectivity index (χ3n) is 4.05. The van der Waals surface area contributed by atoms with Gasteiger partial charge in [-0.05, 0) is 91.1 Å². The van der Waals surface area contributed by atoms with E-state index in [9.17, 15) is 0 Å². The Kier molecular flexibility index (Phi) is 12.8. The molecule has 0 aliphatic heterocycles. The smallest absolute Gasteiger partial charge is 0.00464 e. The van der Waals surface area contributed by atoms with Crippen molar-refractivity contribution in [3.8, 4) is 0 Å². The molecule has 0 aliphatic carbocycles. The Labute approximate surface area is 134 Å². The summed E-state index contributed by atoms with van der Waals surface area (Å²) in [5.41, 5.74) is 2.89. The molecule has 0 aliphatic rings. The molecular weight excluding hydrogens is 254 g/mol. The molecule has 0 saturated carbocycles. The summed E-state index contributed by atoms with van der Waals surface area (Å²) >= 11 is 0. The molecule has 2 unspecified atom stereocenters. The second-order valence-corrected chi connectivity index (χ2v) is 7.26. The van der Waals surface area contributed by atoms with Crippen LogP contribution in [-0.2, 0) is 0 Å². The predicted molar refractivity (Wildman–Crippen MR) is 97.8 cm³/mol. The number of allylic oxidation sites excluding steroid dienone is 4. The summed E-state index contributed by atoms with van der Waals surface area (Å²) in [6, 6.07) is 0. The van der Waals surface area contributed by atoms with Gasteiger partial charge in [-0.25, -0.2) is 0 Å². The fourth-order valence-corrected chi connectivity index (χ4v) is 2.42. The van der Waals surface area contributed by atoms with Crippen LogP contribution in [0.25, 0.3) is 0 Å². The first kappa shape index (κ1) is 20.4. The van der Waals surface area contributed by atoms with E-state index in [1.807, 2.05) is 0 Å². The molecule has 0 heterocycles. The van der Waals surface area contributed by atoms with Crippen LogP contribution >= 0.6 is 0 Å². The molecule has 21 heavy (non-hydrogen) atoms. The van der Waals surface area contributed by atoms with Gasteiger partial charge in [0.1, 0.15) is 0 Å². The Bertz CT molecular complexity index is 263. The first-order valence-corrected chi connectivity index (χ1v) is 8.89. The lowest BCUT2D eigenvalue weighted by atomic mass is 10.00. The van der Waals surface area contributed by atoms with Crippen molar-refractivity contribution in [3.63, 3.8) is 0 Å². The maximum Gasteiger partial charge on any atom is -0.00464 e. The average molecular weight is 294 g/mol. The lowest BCUT2D eigenvalue weighted by molar-refractivity contribution is 0.441. The maximum atomic E-state index is 3.61. The van der Waals surface area contributed by atoms with Crippen molar-refractivity contribution in [2.45, 2.75) is 80.1 Å². The van der Waals surface area contributed by atoms with Gasteiger partial charge >= 0.3 is 0 Å². The van der Waals surface area contributed by atoms with E-state index in [0.717, 1.165) is 11.8 Å². The highest BCUT2D eigenvalue weighted by Crippen LogP contribution is 2.12. The summed E-state index contributed by atoms with van der Waals surface area (Å²) in [4.78, 5) is 0. The molecule has 0 amide bonds. The minimum Gasteiger partial charge on any atom is -0.317 e. The lowest BCUT2D eigenvalue weighted by Gasteiger charge is -2.13. The molecule has 2 atom stereocenters. The van der Waals surface area contributed by atoms with Crippen LogP contribution in [0.1, 0.15) is 80.1 Å². The molecule has 1 nitrogen and oxygen atoms in total. The van der Waals surface area contributed by atoms with E-state index in [1.165, 1.54) is 62.8 Å². The van der Waals surface area contributed by atoms with E-state index >= 15 is 0 Å².